The number of benzene rings is 2. The summed E-state index contributed by atoms with van der Waals surface area (Å²) in [4.78, 5) is 26.3. The molecule has 0 aliphatic carbocycles. The SMILES string of the molecule is C[C@@H]1CCCN(C(=O)COC(=O)c2cccc(NS(=O)(=O)Cc3ccccc3)c2)C1. The van der Waals surface area contributed by atoms with Crippen LogP contribution in [0.2, 0.25) is 0 Å². The third-order valence-electron chi connectivity index (χ3n) is 4.91. The largest absolute Gasteiger partial charge is 0.452 e. The topological polar surface area (TPSA) is 92.8 Å². The molecule has 1 aliphatic heterocycles. The highest BCUT2D eigenvalue weighted by Crippen LogP contribution is 2.17. The average molecular weight is 431 g/mol. The number of esters is 1. The van der Waals surface area contributed by atoms with Crippen LogP contribution in [0.3, 0.4) is 0 Å². The molecule has 30 heavy (non-hydrogen) atoms. The number of sulfonamides is 1. The van der Waals surface area contributed by atoms with Gasteiger partial charge in [0.15, 0.2) is 6.61 Å². The lowest BCUT2D eigenvalue weighted by molar-refractivity contribution is -0.136. The zero-order valence-corrected chi connectivity index (χ0v) is 17.7. The number of hydrogen-bond acceptors (Lipinski definition) is 5. The van der Waals surface area contributed by atoms with Crippen LogP contribution in [0.4, 0.5) is 5.69 Å². The molecule has 1 fully saturated rings. The van der Waals surface area contributed by atoms with E-state index in [-0.39, 0.29) is 29.5 Å². The molecule has 0 spiro atoms. The number of nitrogens with zero attached hydrogens (tertiary/aromatic N) is 1. The van der Waals surface area contributed by atoms with Gasteiger partial charge < -0.3 is 9.64 Å². The van der Waals surface area contributed by atoms with Gasteiger partial charge in [0.1, 0.15) is 0 Å². The van der Waals surface area contributed by atoms with Gasteiger partial charge in [-0.05, 0) is 42.5 Å². The van der Waals surface area contributed by atoms with Gasteiger partial charge in [-0.2, -0.15) is 0 Å². The fourth-order valence-corrected chi connectivity index (χ4v) is 4.63. The lowest BCUT2D eigenvalue weighted by atomic mass is 10.0. The van der Waals surface area contributed by atoms with Crippen LogP contribution in [0.5, 0.6) is 0 Å². The molecule has 1 amide bonds. The van der Waals surface area contributed by atoms with Crippen molar-refractivity contribution in [2.75, 3.05) is 24.4 Å². The number of carbonyl (C=O) groups excluding carboxylic acids is 2. The van der Waals surface area contributed by atoms with E-state index in [0.717, 1.165) is 12.8 Å². The van der Waals surface area contributed by atoms with Gasteiger partial charge in [-0.25, -0.2) is 13.2 Å². The minimum absolute atomic E-state index is 0.175. The average Bonchev–Trinajstić information content (AvgIpc) is 2.72. The number of amides is 1. The van der Waals surface area contributed by atoms with E-state index in [1.54, 1.807) is 41.3 Å². The highest BCUT2D eigenvalue weighted by atomic mass is 32.2. The van der Waals surface area contributed by atoms with Crippen molar-refractivity contribution in [1.82, 2.24) is 4.90 Å². The molecule has 8 heteroatoms. The zero-order chi connectivity index (χ0) is 21.6. The molecular weight excluding hydrogens is 404 g/mol. The minimum atomic E-state index is -3.64. The highest BCUT2D eigenvalue weighted by molar-refractivity contribution is 7.91. The first-order chi connectivity index (χ1) is 14.3. The third-order valence-corrected chi connectivity index (χ3v) is 6.17. The molecule has 2 aromatic rings. The number of ether oxygens (including phenoxy) is 1. The van der Waals surface area contributed by atoms with Crippen molar-refractivity contribution in [3.63, 3.8) is 0 Å². The Labute approximate surface area is 177 Å². The van der Waals surface area contributed by atoms with Gasteiger partial charge in [0.2, 0.25) is 10.0 Å². The Kier molecular flexibility index (Phi) is 7.10. The van der Waals surface area contributed by atoms with E-state index in [9.17, 15) is 18.0 Å². The molecule has 1 heterocycles. The number of hydrogen-bond donors (Lipinski definition) is 1. The van der Waals surface area contributed by atoms with Crippen LogP contribution >= 0.6 is 0 Å². The molecule has 1 aliphatic rings. The van der Waals surface area contributed by atoms with Gasteiger partial charge in [0.05, 0.1) is 11.3 Å². The minimum Gasteiger partial charge on any atom is -0.452 e. The van der Waals surface area contributed by atoms with E-state index in [1.165, 1.54) is 12.1 Å². The van der Waals surface area contributed by atoms with Crippen molar-refractivity contribution >= 4 is 27.6 Å². The van der Waals surface area contributed by atoms with E-state index in [1.807, 2.05) is 6.07 Å². The molecule has 0 radical (unpaired) electrons. The smallest absolute Gasteiger partial charge is 0.338 e. The molecule has 2 aromatic carbocycles. The number of rotatable bonds is 7. The van der Waals surface area contributed by atoms with E-state index < -0.39 is 16.0 Å². The van der Waals surface area contributed by atoms with Gasteiger partial charge in [0.25, 0.3) is 5.91 Å². The van der Waals surface area contributed by atoms with E-state index >= 15 is 0 Å². The van der Waals surface area contributed by atoms with E-state index in [4.69, 9.17) is 4.74 Å². The second-order valence-electron chi connectivity index (χ2n) is 7.59. The summed E-state index contributed by atoms with van der Waals surface area (Å²) < 4.78 is 32.4. The summed E-state index contributed by atoms with van der Waals surface area (Å²) in [5, 5.41) is 0. The van der Waals surface area contributed by atoms with Gasteiger partial charge in [-0.1, -0.05) is 43.3 Å². The summed E-state index contributed by atoms with van der Waals surface area (Å²) in [7, 11) is -3.64. The second kappa shape index (κ2) is 9.75. The Morgan fingerprint density at radius 1 is 1.13 bits per heavy atom. The summed E-state index contributed by atoms with van der Waals surface area (Å²) in [6.07, 6.45) is 2.04. The van der Waals surface area contributed by atoms with Crippen molar-refractivity contribution in [2.45, 2.75) is 25.5 Å². The fraction of sp³-hybridized carbons (Fsp3) is 0.364. The molecule has 0 saturated carbocycles. The van der Waals surface area contributed by atoms with Crippen LogP contribution in [-0.4, -0.2) is 44.9 Å². The summed E-state index contributed by atoms with van der Waals surface area (Å²) in [6, 6.07) is 14.9. The van der Waals surface area contributed by atoms with Gasteiger partial charge in [-0.15, -0.1) is 0 Å². The highest BCUT2D eigenvalue weighted by Gasteiger charge is 2.22. The van der Waals surface area contributed by atoms with E-state index in [0.29, 0.717) is 24.6 Å². The Hall–Kier alpha value is -2.87. The van der Waals surface area contributed by atoms with Crippen molar-refractivity contribution in [2.24, 2.45) is 5.92 Å². The summed E-state index contributed by atoms with van der Waals surface area (Å²) in [5.74, 6) is -0.614. The lowest BCUT2D eigenvalue weighted by Gasteiger charge is -2.30. The quantitative estimate of drug-likeness (QED) is 0.682. The molecule has 3 rings (SSSR count). The molecule has 160 valence electrons. The predicted octanol–water partition coefficient (Wildman–Crippen LogP) is 3.04. The third kappa shape index (κ3) is 6.32. The Morgan fingerprint density at radius 3 is 2.63 bits per heavy atom. The van der Waals surface area contributed by atoms with Crippen molar-refractivity contribution in [1.29, 1.82) is 0 Å². The van der Waals surface area contributed by atoms with Crippen LogP contribution in [-0.2, 0) is 25.3 Å². The fourth-order valence-electron chi connectivity index (χ4n) is 3.44. The van der Waals surface area contributed by atoms with Gasteiger partial charge in [0, 0.05) is 18.8 Å². The summed E-state index contributed by atoms with van der Waals surface area (Å²) in [6.45, 7) is 3.12. The lowest BCUT2D eigenvalue weighted by Crippen LogP contribution is -2.41. The number of carbonyl (C=O) groups is 2. The zero-order valence-electron chi connectivity index (χ0n) is 16.9. The maximum Gasteiger partial charge on any atom is 0.338 e. The first-order valence-electron chi connectivity index (χ1n) is 9.92. The Morgan fingerprint density at radius 2 is 1.90 bits per heavy atom. The van der Waals surface area contributed by atoms with Crippen molar-refractivity contribution in [3.8, 4) is 0 Å². The first-order valence-corrected chi connectivity index (χ1v) is 11.6. The molecule has 1 N–H and O–H groups in total. The first kappa shape index (κ1) is 21.8. The maximum absolute atomic E-state index is 12.4. The number of likely N-dealkylation sites (tertiary alicyclic amines) is 1. The van der Waals surface area contributed by atoms with Crippen LogP contribution in [0.15, 0.2) is 54.6 Å². The Bertz CT molecular complexity index is 992. The second-order valence-corrected chi connectivity index (χ2v) is 9.31. The molecule has 0 bridgehead atoms. The normalized spacial score (nSPS) is 16.7. The molecule has 1 atom stereocenters. The monoisotopic (exact) mass is 430 g/mol. The van der Waals surface area contributed by atoms with Crippen LogP contribution < -0.4 is 4.72 Å². The molecule has 0 unspecified atom stereocenters. The number of piperidine rings is 1. The predicted molar refractivity (Wildman–Crippen MR) is 114 cm³/mol. The number of nitrogens with one attached hydrogen (secondary N) is 1. The van der Waals surface area contributed by atoms with Crippen molar-refractivity contribution in [3.05, 3.63) is 65.7 Å². The standard InChI is InChI=1S/C22H26N2O5S/c1-17-7-6-12-24(14-17)21(25)15-29-22(26)19-10-5-11-20(13-19)23-30(27,28)16-18-8-3-2-4-9-18/h2-5,8-11,13,17,23H,6-7,12,14-16H2,1H3/t17-/m1/s1. The maximum atomic E-state index is 12.4. The molecule has 0 aromatic heterocycles. The molecule has 1 saturated heterocycles. The summed E-state index contributed by atoms with van der Waals surface area (Å²) >= 11 is 0. The number of anilines is 1. The van der Waals surface area contributed by atoms with E-state index in [2.05, 4.69) is 11.6 Å². The summed E-state index contributed by atoms with van der Waals surface area (Å²) in [5.41, 5.74) is 1.09. The van der Waals surface area contributed by atoms with Gasteiger partial charge in [-0.3, -0.25) is 9.52 Å². The van der Waals surface area contributed by atoms with Crippen LogP contribution in [0.25, 0.3) is 0 Å². The van der Waals surface area contributed by atoms with Crippen molar-refractivity contribution < 1.29 is 22.7 Å². The van der Waals surface area contributed by atoms with Crippen LogP contribution in [0.1, 0.15) is 35.7 Å². The van der Waals surface area contributed by atoms with Crippen LogP contribution in [0, 0.1) is 5.92 Å². The Balaban J connectivity index is 1.57. The molecule has 7 nitrogen and oxygen atoms in total. The van der Waals surface area contributed by atoms with Gasteiger partial charge >= 0.3 is 5.97 Å². The molecular formula is C22H26N2O5S.